The van der Waals surface area contributed by atoms with Crippen LogP contribution in [0.5, 0.6) is 0 Å². The van der Waals surface area contributed by atoms with Gasteiger partial charge >= 0.3 is 0 Å². The molecule has 1 aliphatic carbocycles. The summed E-state index contributed by atoms with van der Waals surface area (Å²) in [5.41, 5.74) is 0. The highest BCUT2D eigenvalue weighted by Crippen LogP contribution is 2.31. The van der Waals surface area contributed by atoms with Crippen molar-refractivity contribution in [3.63, 3.8) is 0 Å². The van der Waals surface area contributed by atoms with Crippen molar-refractivity contribution >= 4 is 0 Å². The highest BCUT2D eigenvalue weighted by molar-refractivity contribution is 4.80. The van der Waals surface area contributed by atoms with Gasteiger partial charge in [0.2, 0.25) is 0 Å². The fraction of sp³-hybridized carbons (Fsp3) is 1.00. The SMILES string of the molecule is CCOCCCC(NC)C1CCCC(C)C1. The fourth-order valence-electron chi connectivity index (χ4n) is 3.01. The van der Waals surface area contributed by atoms with E-state index in [2.05, 4.69) is 26.2 Å². The second-order valence-electron chi connectivity index (χ2n) is 5.27. The summed E-state index contributed by atoms with van der Waals surface area (Å²) in [6, 6.07) is 0.711. The molecule has 3 unspecified atom stereocenters. The van der Waals surface area contributed by atoms with E-state index in [1.54, 1.807) is 0 Å². The van der Waals surface area contributed by atoms with Crippen molar-refractivity contribution in [2.75, 3.05) is 20.3 Å². The lowest BCUT2D eigenvalue weighted by Gasteiger charge is -2.33. The predicted octanol–water partition coefficient (Wildman–Crippen LogP) is 3.22. The van der Waals surface area contributed by atoms with E-state index in [4.69, 9.17) is 4.74 Å². The van der Waals surface area contributed by atoms with E-state index in [1.165, 1.54) is 38.5 Å². The zero-order valence-corrected chi connectivity index (χ0v) is 11.3. The van der Waals surface area contributed by atoms with Gasteiger partial charge in [0, 0.05) is 19.3 Å². The van der Waals surface area contributed by atoms with Gasteiger partial charge in [-0.3, -0.25) is 0 Å². The molecule has 2 nitrogen and oxygen atoms in total. The van der Waals surface area contributed by atoms with Crippen LogP contribution in [0.15, 0.2) is 0 Å². The minimum absolute atomic E-state index is 0.711. The quantitative estimate of drug-likeness (QED) is 0.674. The third-order valence-corrected chi connectivity index (χ3v) is 3.92. The number of hydrogen-bond acceptors (Lipinski definition) is 2. The average Bonchev–Trinajstić information content (AvgIpc) is 2.29. The average molecular weight is 227 g/mol. The van der Waals surface area contributed by atoms with Crippen LogP contribution in [-0.4, -0.2) is 26.3 Å². The van der Waals surface area contributed by atoms with Crippen LogP contribution >= 0.6 is 0 Å². The summed E-state index contributed by atoms with van der Waals surface area (Å²) in [5.74, 6) is 1.83. The predicted molar refractivity (Wildman–Crippen MR) is 69.7 cm³/mol. The number of rotatable bonds is 7. The van der Waals surface area contributed by atoms with Gasteiger partial charge in [-0.1, -0.05) is 19.8 Å². The van der Waals surface area contributed by atoms with E-state index in [1.807, 2.05) is 0 Å². The monoisotopic (exact) mass is 227 g/mol. The van der Waals surface area contributed by atoms with Crippen molar-refractivity contribution < 1.29 is 4.74 Å². The summed E-state index contributed by atoms with van der Waals surface area (Å²) >= 11 is 0. The van der Waals surface area contributed by atoms with Crippen LogP contribution in [0.4, 0.5) is 0 Å². The summed E-state index contributed by atoms with van der Waals surface area (Å²) in [4.78, 5) is 0. The molecule has 0 radical (unpaired) electrons. The Morgan fingerprint density at radius 2 is 2.19 bits per heavy atom. The Morgan fingerprint density at radius 1 is 1.38 bits per heavy atom. The van der Waals surface area contributed by atoms with Crippen LogP contribution in [0.25, 0.3) is 0 Å². The lowest BCUT2D eigenvalue weighted by molar-refractivity contribution is 0.134. The molecular formula is C14H29NO. The fourth-order valence-corrected chi connectivity index (χ4v) is 3.01. The maximum absolute atomic E-state index is 5.41. The van der Waals surface area contributed by atoms with Crippen molar-refractivity contribution in [1.82, 2.24) is 5.32 Å². The molecular weight excluding hydrogens is 198 g/mol. The van der Waals surface area contributed by atoms with Crippen molar-refractivity contribution in [1.29, 1.82) is 0 Å². The normalized spacial score (nSPS) is 27.9. The zero-order chi connectivity index (χ0) is 11.8. The van der Waals surface area contributed by atoms with E-state index >= 15 is 0 Å². The maximum Gasteiger partial charge on any atom is 0.0466 e. The third-order valence-electron chi connectivity index (χ3n) is 3.92. The standard InChI is InChI=1S/C14H29NO/c1-4-16-10-6-9-14(15-3)13-8-5-7-12(2)11-13/h12-15H,4-11H2,1-3H3. The molecule has 0 aromatic carbocycles. The largest absolute Gasteiger partial charge is 0.382 e. The van der Waals surface area contributed by atoms with E-state index in [-0.39, 0.29) is 0 Å². The molecule has 0 saturated heterocycles. The summed E-state index contributed by atoms with van der Waals surface area (Å²) in [6.45, 7) is 6.25. The van der Waals surface area contributed by atoms with Gasteiger partial charge in [0.25, 0.3) is 0 Å². The van der Waals surface area contributed by atoms with Crippen molar-refractivity contribution in [3.05, 3.63) is 0 Å². The molecule has 96 valence electrons. The van der Waals surface area contributed by atoms with Gasteiger partial charge < -0.3 is 10.1 Å². The molecule has 0 spiro atoms. The minimum Gasteiger partial charge on any atom is -0.382 e. The van der Waals surface area contributed by atoms with Crippen LogP contribution in [0.2, 0.25) is 0 Å². The third kappa shape index (κ3) is 4.84. The van der Waals surface area contributed by atoms with Crippen molar-refractivity contribution in [2.24, 2.45) is 11.8 Å². The second-order valence-corrected chi connectivity index (χ2v) is 5.27. The molecule has 3 atom stereocenters. The van der Waals surface area contributed by atoms with Gasteiger partial charge in [0.05, 0.1) is 0 Å². The number of hydrogen-bond donors (Lipinski definition) is 1. The van der Waals surface area contributed by atoms with Crippen molar-refractivity contribution in [2.45, 2.75) is 58.4 Å². The number of ether oxygens (including phenoxy) is 1. The van der Waals surface area contributed by atoms with Crippen LogP contribution in [0.1, 0.15) is 52.4 Å². The first kappa shape index (κ1) is 14.0. The van der Waals surface area contributed by atoms with Gasteiger partial charge in [-0.25, -0.2) is 0 Å². The van der Waals surface area contributed by atoms with Crippen LogP contribution in [0, 0.1) is 11.8 Å². The molecule has 0 aliphatic heterocycles. The van der Waals surface area contributed by atoms with Gasteiger partial charge in [-0.2, -0.15) is 0 Å². The zero-order valence-electron chi connectivity index (χ0n) is 11.3. The lowest BCUT2D eigenvalue weighted by atomic mass is 9.77. The molecule has 1 fully saturated rings. The highest BCUT2D eigenvalue weighted by Gasteiger charge is 2.25. The minimum atomic E-state index is 0.711. The van der Waals surface area contributed by atoms with E-state index < -0.39 is 0 Å². The molecule has 2 heteroatoms. The highest BCUT2D eigenvalue weighted by atomic mass is 16.5. The molecule has 0 aromatic rings. The molecule has 1 rings (SSSR count). The van der Waals surface area contributed by atoms with Gasteiger partial charge in [-0.05, 0) is 51.5 Å². The van der Waals surface area contributed by atoms with Gasteiger partial charge in [-0.15, -0.1) is 0 Å². The van der Waals surface area contributed by atoms with E-state index in [0.717, 1.165) is 25.0 Å². The first-order valence-corrected chi connectivity index (χ1v) is 7.03. The van der Waals surface area contributed by atoms with Crippen LogP contribution < -0.4 is 5.32 Å². The molecule has 0 aromatic heterocycles. The lowest BCUT2D eigenvalue weighted by Crippen LogP contribution is -2.36. The van der Waals surface area contributed by atoms with Crippen LogP contribution in [0.3, 0.4) is 0 Å². The first-order valence-electron chi connectivity index (χ1n) is 7.03. The summed E-state index contributed by atoms with van der Waals surface area (Å²) in [6.07, 6.45) is 8.17. The molecule has 1 N–H and O–H groups in total. The summed E-state index contributed by atoms with van der Waals surface area (Å²) in [5, 5.41) is 3.51. The Hall–Kier alpha value is -0.0800. The van der Waals surface area contributed by atoms with Crippen LogP contribution in [-0.2, 0) is 4.74 Å². The Kier molecular flexibility index (Phi) is 7.06. The molecule has 0 heterocycles. The van der Waals surface area contributed by atoms with Crippen molar-refractivity contribution in [3.8, 4) is 0 Å². The molecule has 0 amide bonds. The Morgan fingerprint density at radius 3 is 2.81 bits per heavy atom. The van der Waals surface area contributed by atoms with E-state index in [0.29, 0.717) is 6.04 Å². The molecule has 0 bridgehead atoms. The molecule has 1 saturated carbocycles. The smallest absolute Gasteiger partial charge is 0.0466 e. The van der Waals surface area contributed by atoms with E-state index in [9.17, 15) is 0 Å². The number of nitrogens with one attached hydrogen (secondary N) is 1. The Balaban J connectivity index is 2.23. The topological polar surface area (TPSA) is 21.3 Å². The maximum atomic E-state index is 5.41. The van der Waals surface area contributed by atoms with Gasteiger partial charge in [0.15, 0.2) is 0 Å². The molecule has 16 heavy (non-hydrogen) atoms. The Bertz CT molecular complexity index is 172. The summed E-state index contributed by atoms with van der Waals surface area (Å²) in [7, 11) is 2.12. The summed E-state index contributed by atoms with van der Waals surface area (Å²) < 4.78 is 5.41. The second kappa shape index (κ2) is 8.08. The molecule has 1 aliphatic rings. The van der Waals surface area contributed by atoms with Gasteiger partial charge in [0.1, 0.15) is 0 Å². The Labute approximate surface area is 101 Å². The first-order chi connectivity index (χ1) is 7.77.